The Bertz CT molecular complexity index is 1900. The highest BCUT2D eigenvalue weighted by atomic mass is 16.4. The van der Waals surface area contributed by atoms with E-state index in [1.165, 1.54) is 4.90 Å². The van der Waals surface area contributed by atoms with Crippen LogP contribution < -0.4 is 43.4 Å². The van der Waals surface area contributed by atoms with Crippen molar-refractivity contribution in [1.29, 1.82) is 0 Å². The van der Waals surface area contributed by atoms with Crippen molar-refractivity contribution >= 4 is 59.3 Å². The molecular weight excluding hydrogens is 887 g/mol. The molecule has 1 aromatic carbocycles. The molecule has 1 heterocycles. The average molecular weight is 960 g/mol. The van der Waals surface area contributed by atoms with E-state index in [-0.39, 0.29) is 57.0 Å². The van der Waals surface area contributed by atoms with Gasteiger partial charge in [-0.2, -0.15) is 0 Å². The summed E-state index contributed by atoms with van der Waals surface area (Å²) in [6.07, 6.45) is -0.0878. The Hall–Kier alpha value is -6.16. The number of unbranched alkanes of at least 4 members (excludes halogenated alkanes) is 1. The summed E-state index contributed by atoms with van der Waals surface area (Å²) in [5.74, 6) is -10.6. The predicted octanol–water partition coefficient (Wildman–Crippen LogP) is -0.243. The number of amides is 7. The molecule has 1 aliphatic rings. The quantitative estimate of drug-likeness (QED) is 0.0443. The lowest BCUT2D eigenvalue weighted by atomic mass is 10.0. The van der Waals surface area contributed by atoms with E-state index >= 15 is 0 Å². The highest BCUT2D eigenvalue weighted by Gasteiger charge is 2.41. The van der Waals surface area contributed by atoms with Gasteiger partial charge in [0.05, 0.1) is 12.5 Å². The molecule has 13 N–H and O–H groups in total. The molecule has 1 aromatic rings. The SMILES string of the molecule is CC(C)CC(N)C(=O)NC(CCC(=O)O)C(=O)NC(CC(=O)O)C(=O)NC(C(=O)N1CCCC1C(=O)NC(CCCCN)C(=O)NC(Cc1ccccc1)C(=O)NC(CC(C)C)C(=O)O)C(C)C. The molecule has 8 atom stereocenters. The first kappa shape index (κ1) is 58.0. The normalized spacial score (nSPS) is 16.6. The van der Waals surface area contributed by atoms with E-state index in [9.17, 15) is 63.3 Å². The van der Waals surface area contributed by atoms with Crippen molar-refractivity contribution in [2.24, 2.45) is 29.2 Å². The van der Waals surface area contributed by atoms with Crippen LogP contribution in [0.3, 0.4) is 0 Å². The zero-order valence-corrected chi connectivity index (χ0v) is 40.0. The number of carbonyl (C=O) groups is 10. The Morgan fingerprint density at radius 2 is 1.19 bits per heavy atom. The van der Waals surface area contributed by atoms with Gasteiger partial charge in [0.25, 0.3) is 0 Å². The number of carboxylic acid groups (broad SMARTS) is 3. The third kappa shape index (κ3) is 20.0. The standard InChI is InChI=1S/C46H73N9O13/c1-25(2)21-29(48)39(60)49-31(17-18-36(56)57)41(62)52-33(24-37(58)59)43(64)54-38(27(5)6)45(66)55-20-12-16-35(55)44(65)50-30(15-10-11-19-47)40(61)51-32(23-28-13-8-7-9-14-28)42(63)53-34(46(67)68)22-26(3)4/h7-9,13-14,25-27,29-35,38H,10-12,15-24,47-48H2,1-6H3,(H,49,60)(H,50,65)(H,51,61)(H,52,62)(H,53,63)(H,54,64)(H,56,57)(H,58,59)(H,67,68). The van der Waals surface area contributed by atoms with E-state index in [1.807, 2.05) is 13.8 Å². The maximum Gasteiger partial charge on any atom is 0.326 e. The van der Waals surface area contributed by atoms with Crippen LogP contribution in [0.15, 0.2) is 30.3 Å². The van der Waals surface area contributed by atoms with Crippen molar-refractivity contribution in [1.82, 2.24) is 36.8 Å². The fourth-order valence-electron chi connectivity index (χ4n) is 7.66. The summed E-state index contributed by atoms with van der Waals surface area (Å²) < 4.78 is 0. The molecule has 22 nitrogen and oxygen atoms in total. The molecule has 22 heteroatoms. The minimum absolute atomic E-state index is 0.00383. The topological polar surface area (TPSA) is 359 Å². The Morgan fingerprint density at radius 1 is 0.647 bits per heavy atom. The van der Waals surface area contributed by atoms with Gasteiger partial charge >= 0.3 is 17.9 Å². The van der Waals surface area contributed by atoms with Gasteiger partial charge in [-0.25, -0.2) is 4.79 Å². The van der Waals surface area contributed by atoms with Crippen LogP contribution in [0.2, 0.25) is 0 Å². The first-order valence-corrected chi connectivity index (χ1v) is 23.2. The molecule has 2 rings (SSSR count). The lowest BCUT2D eigenvalue weighted by molar-refractivity contribution is -0.144. The number of hydrogen-bond acceptors (Lipinski definition) is 12. The van der Waals surface area contributed by atoms with Gasteiger partial charge in [0.1, 0.15) is 42.3 Å². The van der Waals surface area contributed by atoms with E-state index < -0.39 is 133 Å². The van der Waals surface area contributed by atoms with Crippen molar-refractivity contribution in [2.45, 2.75) is 161 Å². The second-order valence-corrected chi connectivity index (χ2v) is 18.4. The fraction of sp³-hybridized carbons (Fsp3) is 0.652. The molecule has 0 aliphatic carbocycles. The lowest BCUT2D eigenvalue weighted by Gasteiger charge is -2.32. The van der Waals surface area contributed by atoms with Crippen LogP contribution in [-0.2, 0) is 54.4 Å². The third-order valence-corrected chi connectivity index (χ3v) is 11.2. The Labute approximate surface area is 397 Å². The highest BCUT2D eigenvalue weighted by Crippen LogP contribution is 2.22. The van der Waals surface area contributed by atoms with E-state index in [0.717, 1.165) is 0 Å². The molecule has 380 valence electrons. The number of benzene rings is 1. The second kappa shape index (κ2) is 28.9. The first-order valence-electron chi connectivity index (χ1n) is 23.2. The molecular formula is C46H73N9O13. The fourth-order valence-corrected chi connectivity index (χ4v) is 7.66. The van der Waals surface area contributed by atoms with Crippen molar-refractivity contribution in [3.63, 3.8) is 0 Å². The highest BCUT2D eigenvalue weighted by molar-refractivity contribution is 5.98. The van der Waals surface area contributed by atoms with Crippen molar-refractivity contribution in [3.05, 3.63) is 35.9 Å². The Kier molecular flexibility index (Phi) is 24.6. The summed E-state index contributed by atoms with van der Waals surface area (Å²) in [5, 5.41) is 44.0. The van der Waals surface area contributed by atoms with Crippen molar-refractivity contribution < 1.29 is 63.3 Å². The zero-order valence-electron chi connectivity index (χ0n) is 40.0. The molecule has 0 bridgehead atoms. The summed E-state index contributed by atoms with van der Waals surface area (Å²) in [5.41, 5.74) is 12.4. The average Bonchev–Trinajstić information content (AvgIpc) is 3.75. The van der Waals surface area contributed by atoms with Crippen LogP contribution in [0.25, 0.3) is 0 Å². The maximum absolute atomic E-state index is 14.3. The third-order valence-electron chi connectivity index (χ3n) is 11.2. The molecule has 68 heavy (non-hydrogen) atoms. The van der Waals surface area contributed by atoms with Crippen molar-refractivity contribution in [3.8, 4) is 0 Å². The van der Waals surface area contributed by atoms with Gasteiger partial charge in [-0.15, -0.1) is 0 Å². The first-order chi connectivity index (χ1) is 31.9. The summed E-state index contributed by atoms with van der Waals surface area (Å²) in [4.78, 5) is 133. The molecule has 0 spiro atoms. The number of nitrogens with one attached hydrogen (secondary N) is 6. The molecule has 0 radical (unpaired) electrons. The Morgan fingerprint density at radius 3 is 1.74 bits per heavy atom. The molecule has 1 fully saturated rings. The number of likely N-dealkylation sites (tertiary alicyclic amines) is 1. The van der Waals surface area contributed by atoms with E-state index in [0.29, 0.717) is 24.8 Å². The van der Waals surface area contributed by atoms with Crippen LogP contribution >= 0.6 is 0 Å². The summed E-state index contributed by atoms with van der Waals surface area (Å²) in [7, 11) is 0. The minimum Gasteiger partial charge on any atom is -0.481 e. The predicted molar refractivity (Wildman–Crippen MR) is 248 cm³/mol. The van der Waals surface area contributed by atoms with Gasteiger partial charge in [0.15, 0.2) is 0 Å². The molecule has 7 amide bonds. The number of aliphatic carboxylic acids is 3. The maximum atomic E-state index is 14.3. The molecule has 0 saturated carbocycles. The van der Waals surface area contributed by atoms with Gasteiger partial charge in [0.2, 0.25) is 41.4 Å². The van der Waals surface area contributed by atoms with Crippen molar-refractivity contribution in [2.75, 3.05) is 13.1 Å². The van der Waals surface area contributed by atoms with Crippen LogP contribution in [0, 0.1) is 17.8 Å². The molecule has 8 unspecified atom stereocenters. The van der Waals surface area contributed by atoms with Crippen LogP contribution in [0.4, 0.5) is 0 Å². The lowest BCUT2D eigenvalue weighted by Crippen LogP contribution is -2.61. The van der Waals surface area contributed by atoms with Gasteiger partial charge in [-0.1, -0.05) is 71.9 Å². The number of rotatable bonds is 30. The van der Waals surface area contributed by atoms with Crippen LogP contribution in [-0.4, -0.2) is 141 Å². The van der Waals surface area contributed by atoms with Gasteiger partial charge < -0.3 is 63.6 Å². The van der Waals surface area contributed by atoms with Gasteiger partial charge in [-0.3, -0.25) is 43.2 Å². The van der Waals surface area contributed by atoms with Crippen LogP contribution in [0.1, 0.15) is 111 Å². The molecule has 1 aliphatic heterocycles. The van der Waals surface area contributed by atoms with Gasteiger partial charge in [-0.05, 0) is 81.2 Å². The smallest absolute Gasteiger partial charge is 0.326 e. The number of hydrogen-bond donors (Lipinski definition) is 11. The van der Waals surface area contributed by atoms with Crippen LogP contribution in [0.5, 0.6) is 0 Å². The molecule has 1 saturated heterocycles. The summed E-state index contributed by atoms with van der Waals surface area (Å²) >= 11 is 0. The number of carbonyl (C=O) groups excluding carboxylic acids is 7. The number of nitrogens with zero attached hydrogens (tertiary/aromatic N) is 1. The Balaban J connectivity index is 2.35. The van der Waals surface area contributed by atoms with E-state index in [4.69, 9.17) is 11.5 Å². The molecule has 0 aromatic heterocycles. The van der Waals surface area contributed by atoms with E-state index in [2.05, 4.69) is 31.9 Å². The zero-order chi connectivity index (χ0) is 51.2. The number of carboxylic acids is 3. The monoisotopic (exact) mass is 960 g/mol. The minimum atomic E-state index is -1.80. The van der Waals surface area contributed by atoms with Gasteiger partial charge in [0, 0.05) is 19.4 Å². The largest absolute Gasteiger partial charge is 0.481 e. The summed E-state index contributed by atoms with van der Waals surface area (Å²) in [6.45, 7) is 10.8. The summed E-state index contributed by atoms with van der Waals surface area (Å²) in [6, 6.07) is -1.80. The van der Waals surface area contributed by atoms with E-state index in [1.54, 1.807) is 58.0 Å². The number of nitrogens with two attached hydrogens (primary N) is 2. The second-order valence-electron chi connectivity index (χ2n) is 18.4.